The quantitative estimate of drug-likeness (QED) is 0.946. The number of aromatic nitrogens is 2. The van der Waals surface area contributed by atoms with Crippen LogP contribution in [0.25, 0.3) is 0 Å². The first-order valence-electron chi connectivity index (χ1n) is 8.27. The smallest absolute Gasteiger partial charge is 0.317 e. The van der Waals surface area contributed by atoms with Crippen molar-refractivity contribution in [1.29, 1.82) is 0 Å². The SMILES string of the molecule is Cn1cncc1C1CCN(C(=O)N[C@@H]2C[C@H]2c2ccco2)CC1. The molecule has 0 unspecified atom stereocenters. The van der Waals surface area contributed by atoms with Crippen LogP contribution in [0.3, 0.4) is 0 Å². The lowest BCUT2D eigenvalue weighted by atomic mass is 9.94. The van der Waals surface area contributed by atoms with Crippen LogP contribution in [0.1, 0.15) is 42.6 Å². The molecule has 2 aromatic heterocycles. The van der Waals surface area contributed by atoms with Gasteiger partial charge in [0.15, 0.2) is 0 Å². The first kappa shape index (κ1) is 14.4. The third kappa shape index (κ3) is 2.85. The predicted molar refractivity (Wildman–Crippen MR) is 85.1 cm³/mol. The van der Waals surface area contributed by atoms with Gasteiger partial charge in [-0.05, 0) is 31.4 Å². The zero-order chi connectivity index (χ0) is 15.8. The largest absolute Gasteiger partial charge is 0.469 e. The normalized spacial score (nSPS) is 24.7. The highest BCUT2D eigenvalue weighted by atomic mass is 16.3. The second-order valence-electron chi connectivity index (χ2n) is 6.60. The van der Waals surface area contributed by atoms with Crippen molar-refractivity contribution >= 4 is 6.03 Å². The summed E-state index contributed by atoms with van der Waals surface area (Å²) in [6.07, 6.45) is 8.45. The van der Waals surface area contributed by atoms with Crippen molar-refractivity contribution in [3.05, 3.63) is 42.4 Å². The van der Waals surface area contributed by atoms with Gasteiger partial charge in [0, 0.05) is 49.9 Å². The van der Waals surface area contributed by atoms with Gasteiger partial charge < -0.3 is 19.2 Å². The molecule has 0 radical (unpaired) electrons. The van der Waals surface area contributed by atoms with Crippen molar-refractivity contribution in [3.63, 3.8) is 0 Å². The number of nitrogens with zero attached hydrogens (tertiary/aromatic N) is 3. The number of amides is 2. The van der Waals surface area contributed by atoms with Crippen LogP contribution in [-0.4, -0.2) is 39.6 Å². The summed E-state index contributed by atoms with van der Waals surface area (Å²) in [5.41, 5.74) is 1.27. The van der Waals surface area contributed by atoms with E-state index >= 15 is 0 Å². The maximum atomic E-state index is 12.4. The number of hydrogen-bond donors (Lipinski definition) is 1. The molecule has 0 bridgehead atoms. The highest BCUT2D eigenvalue weighted by molar-refractivity contribution is 5.75. The Balaban J connectivity index is 1.28. The molecule has 122 valence electrons. The molecule has 2 aliphatic rings. The van der Waals surface area contributed by atoms with Crippen molar-refractivity contribution in [2.24, 2.45) is 7.05 Å². The topological polar surface area (TPSA) is 63.3 Å². The van der Waals surface area contributed by atoms with Crippen LogP contribution in [0, 0.1) is 0 Å². The van der Waals surface area contributed by atoms with Gasteiger partial charge >= 0.3 is 6.03 Å². The Bertz CT molecular complexity index is 671. The van der Waals surface area contributed by atoms with Gasteiger partial charge in [-0.2, -0.15) is 0 Å². The van der Waals surface area contributed by atoms with E-state index in [1.807, 2.05) is 36.6 Å². The number of rotatable bonds is 3. The summed E-state index contributed by atoms with van der Waals surface area (Å²) in [7, 11) is 2.03. The van der Waals surface area contributed by atoms with Gasteiger partial charge in [-0.3, -0.25) is 0 Å². The van der Waals surface area contributed by atoms with Crippen LogP contribution in [0.2, 0.25) is 0 Å². The fourth-order valence-electron chi connectivity index (χ4n) is 3.56. The van der Waals surface area contributed by atoms with Crippen LogP contribution >= 0.6 is 0 Å². The van der Waals surface area contributed by atoms with E-state index in [0.717, 1.165) is 38.1 Å². The second kappa shape index (κ2) is 5.76. The summed E-state index contributed by atoms with van der Waals surface area (Å²) in [6.45, 7) is 1.61. The van der Waals surface area contributed by atoms with E-state index in [1.54, 1.807) is 6.26 Å². The molecule has 3 heterocycles. The second-order valence-corrected chi connectivity index (χ2v) is 6.60. The van der Waals surface area contributed by atoms with E-state index in [2.05, 4.69) is 14.9 Å². The molecule has 23 heavy (non-hydrogen) atoms. The minimum absolute atomic E-state index is 0.0625. The van der Waals surface area contributed by atoms with Gasteiger partial charge in [0.25, 0.3) is 0 Å². The van der Waals surface area contributed by atoms with Crippen molar-refractivity contribution in [1.82, 2.24) is 19.8 Å². The van der Waals surface area contributed by atoms with Crippen molar-refractivity contribution < 1.29 is 9.21 Å². The van der Waals surface area contributed by atoms with Gasteiger partial charge in [0.2, 0.25) is 0 Å². The molecule has 6 nitrogen and oxygen atoms in total. The van der Waals surface area contributed by atoms with Crippen molar-refractivity contribution in [2.75, 3.05) is 13.1 Å². The Morgan fingerprint density at radius 2 is 2.22 bits per heavy atom. The molecular formula is C17H22N4O2. The fourth-order valence-corrected chi connectivity index (χ4v) is 3.56. The van der Waals surface area contributed by atoms with Crippen LogP contribution in [-0.2, 0) is 7.05 Å². The molecule has 1 aliphatic heterocycles. The number of carbonyl (C=O) groups is 1. The van der Waals surface area contributed by atoms with E-state index in [4.69, 9.17) is 4.42 Å². The lowest BCUT2D eigenvalue weighted by molar-refractivity contribution is 0.180. The van der Waals surface area contributed by atoms with Crippen LogP contribution in [0.5, 0.6) is 0 Å². The van der Waals surface area contributed by atoms with Gasteiger partial charge in [-0.15, -0.1) is 0 Å². The number of urea groups is 1. The lowest BCUT2D eigenvalue weighted by Crippen LogP contribution is -2.45. The number of likely N-dealkylation sites (tertiary alicyclic amines) is 1. The number of imidazole rings is 1. The van der Waals surface area contributed by atoms with E-state index in [9.17, 15) is 4.79 Å². The minimum atomic E-state index is 0.0625. The molecule has 0 aromatic carbocycles. The fraction of sp³-hybridized carbons (Fsp3) is 0.529. The molecule has 4 rings (SSSR count). The average molecular weight is 314 g/mol. The minimum Gasteiger partial charge on any atom is -0.469 e. The number of carbonyl (C=O) groups excluding carboxylic acids is 1. The van der Waals surface area contributed by atoms with Crippen LogP contribution in [0.15, 0.2) is 35.3 Å². The third-order valence-corrected chi connectivity index (χ3v) is 5.06. The van der Waals surface area contributed by atoms with E-state index in [0.29, 0.717) is 11.8 Å². The zero-order valence-corrected chi connectivity index (χ0v) is 13.3. The molecular weight excluding hydrogens is 292 g/mol. The summed E-state index contributed by atoms with van der Waals surface area (Å²) >= 11 is 0. The Morgan fingerprint density at radius 3 is 2.87 bits per heavy atom. The summed E-state index contributed by atoms with van der Waals surface area (Å²) in [6, 6.07) is 4.17. The van der Waals surface area contributed by atoms with Crippen molar-refractivity contribution in [2.45, 2.75) is 37.1 Å². The summed E-state index contributed by atoms with van der Waals surface area (Å²) in [5.74, 6) is 1.83. The summed E-state index contributed by atoms with van der Waals surface area (Å²) in [5, 5.41) is 3.13. The van der Waals surface area contributed by atoms with Crippen LogP contribution < -0.4 is 5.32 Å². The molecule has 2 aromatic rings. The Labute approximate surface area is 135 Å². The Hall–Kier alpha value is -2.24. The number of hydrogen-bond acceptors (Lipinski definition) is 3. The molecule has 1 saturated heterocycles. The third-order valence-electron chi connectivity index (χ3n) is 5.06. The van der Waals surface area contributed by atoms with Crippen LogP contribution in [0.4, 0.5) is 4.79 Å². The molecule has 1 saturated carbocycles. The van der Waals surface area contributed by atoms with Gasteiger partial charge in [0.1, 0.15) is 5.76 Å². The molecule has 2 fully saturated rings. The Kier molecular flexibility index (Phi) is 3.59. The zero-order valence-electron chi connectivity index (χ0n) is 13.3. The van der Waals surface area contributed by atoms with Gasteiger partial charge in [0.05, 0.1) is 12.6 Å². The first-order chi connectivity index (χ1) is 11.2. The monoisotopic (exact) mass is 314 g/mol. The van der Waals surface area contributed by atoms with E-state index < -0.39 is 0 Å². The number of aryl methyl sites for hydroxylation is 1. The summed E-state index contributed by atoms with van der Waals surface area (Å²) in [4.78, 5) is 18.5. The summed E-state index contributed by atoms with van der Waals surface area (Å²) < 4.78 is 7.49. The van der Waals surface area contributed by atoms with E-state index in [1.165, 1.54) is 5.69 Å². The van der Waals surface area contributed by atoms with E-state index in [-0.39, 0.29) is 12.1 Å². The number of nitrogens with one attached hydrogen (secondary N) is 1. The number of piperidine rings is 1. The molecule has 2 atom stereocenters. The lowest BCUT2D eigenvalue weighted by Gasteiger charge is -2.32. The molecule has 2 amide bonds. The standard InChI is InChI=1S/C17H22N4O2/c1-20-11-18-10-15(20)12-4-6-21(7-5-12)17(22)19-14-9-13(14)16-3-2-8-23-16/h2-3,8,10-14H,4-7,9H2,1H3,(H,19,22)/t13-,14-/m1/s1. The highest BCUT2D eigenvalue weighted by Gasteiger charge is 2.42. The first-order valence-corrected chi connectivity index (χ1v) is 8.27. The number of furan rings is 1. The molecule has 1 N–H and O–H groups in total. The average Bonchev–Trinajstić information content (AvgIpc) is 2.97. The van der Waals surface area contributed by atoms with Gasteiger partial charge in [-0.25, -0.2) is 9.78 Å². The predicted octanol–water partition coefficient (Wildman–Crippen LogP) is 2.46. The molecule has 1 aliphatic carbocycles. The van der Waals surface area contributed by atoms with Gasteiger partial charge in [-0.1, -0.05) is 0 Å². The van der Waals surface area contributed by atoms with Crippen molar-refractivity contribution in [3.8, 4) is 0 Å². The molecule has 6 heteroatoms. The highest BCUT2D eigenvalue weighted by Crippen LogP contribution is 2.41. The Morgan fingerprint density at radius 1 is 1.39 bits per heavy atom. The molecule has 0 spiro atoms. The maximum absolute atomic E-state index is 12.4. The maximum Gasteiger partial charge on any atom is 0.317 e.